The first-order chi connectivity index (χ1) is 9.04. The number of carbonyl (C=O) groups excluding carboxylic acids is 1. The second kappa shape index (κ2) is 9.75. The lowest BCUT2D eigenvalue weighted by atomic mass is 10.0. The summed E-state index contributed by atoms with van der Waals surface area (Å²) in [5.41, 5.74) is 0.881. The van der Waals surface area contributed by atoms with E-state index in [1.807, 2.05) is 51.2 Å². The van der Waals surface area contributed by atoms with Gasteiger partial charge in [-0.05, 0) is 26.0 Å². The van der Waals surface area contributed by atoms with Gasteiger partial charge in [-0.15, -0.1) is 12.4 Å². The van der Waals surface area contributed by atoms with Crippen LogP contribution in [0.1, 0.15) is 31.9 Å². The Balaban J connectivity index is 0.00000361. The topological polar surface area (TPSA) is 61.4 Å². The Bertz CT molecular complexity index is 387. The van der Waals surface area contributed by atoms with Crippen molar-refractivity contribution in [2.75, 3.05) is 13.6 Å². The van der Waals surface area contributed by atoms with Crippen molar-refractivity contribution in [1.29, 1.82) is 0 Å². The zero-order valence-corrected chi connectivity index (χ0v) is 13.1. The van der Waals surface area contributed by atoms with E-state index in [0.29, 0.717) is 13.0 Å². The average Bonchev–Trinajstić information content (AvgIpc) is 2.39. The highest BCUT2D eigenvalue weighted by molar-refractivity contribution is 5.85. The van der Waals surface area contributed by atoms with Crippen LogP contribution in [0.3, 0.4) is 0 Å². The van der Waals surface area contributed by atoms with Crippen LogP contribution < -0.4 is 10.6 Å². The Morgan fingerprint density at radius 2 is 1.85 bits per heavy atom. The normalized spacial score (nSPS) is 14.8. The highest BCUT2D eigenvalue weighted by Gasteiger charge is 2.17. The van der Waals surface area contributed by atoms with Crippen LogP contribution in [0.2, 0.25) is 0 Å². The number of amides is 1. The molecule has 4 nitrogen and oxygen atoms in total. The molecule has 0 saturated carbocycles. The molecule has 114 valence electrons. The highest BCUT2D eigenvalue weighted by atomic mass is 35.5. The Morgan fingerprint density at radius 3 is 2.40 bits per heavy atom. The van der Waals surface area contributed by atoms with Gasteiger partial charge in [0.1, 0.15) is 0 Å². The molecule has 0 bridgehead atoms. The predicted molar refractivity (Wildman–Crippen MR) is 84.0 cm³/mol. The number of benzene rings is 1. The summed E-state index contributed by atoms with van der Waals surface area (Å²) in [6.07, 6.45) is -0.0294. The van der Waals surface area contributed by atoms with Gasteiger partial charge in [0.05, 0.1) is 6.10 Å². The molecule has 20 heavy (non-hydrogen) atoms. The van der Waals surface area contributed by atoms with Crippen LogP contribution >= 0.6 is 12.4 Å². The predicted octanol–water partition coefficient (Wildman–Crippen LogP) is 1.89. The Morgan fingerprint density at radius 1 is 1.25 bits per heavy atom. The fraction of sp³-hybridized carbons (Fsp3) is 0.533. The third-order valence-corrected chi connectivity index (χ3v) is 3.11. The highest BCUT2D eigenvalue weighted by Crippen LogP contribution is 2.17. The maximum absolute atomic E-state index is 11.8. The molecule has 1 aromatic rings. The van der Waals surface area contributed by atoms with Crippen LogP contribution in [-0.4, -0.2) is 30.6 Å². The van der Waals surface area contributed by atoms with Gasteiger partial charge in [-0.3, -0.25) is 4.79 Å². The molecule has 0 aliphatic carbocycles. The number of halogens is 1. The first kappa shape index (κ1) is 18.9. The van der Waals surface area contributed by atoms with Crippen LogP contribution in [0, 0.1) is 5.92 Å². The van der Waals surface area contributed by atoms with E-state index < -0.39 is 6.10 Å². The maximum atomic E-state index is 11.8. The second-order valence-corrected chi connectivity index (χ2v) is 5.03. The summed E-state index contributed by atoms with van der Waals surface area (Å²) in [4.78, 5) is 11.8. The third-order valence-electron chi connectivity index (χ3n) is 3.11. The summed E-state index contributed by atoms with van der Waals surface area (Å²) in [5.74, 6) is -0.0524. The van der Waals surface area contributed by atoms with E-state index in [2.05, 4.69) is 10.6 Å². The number of carbonyl (C=O) groups is 1. The summed E-state index contributed by atoms with van der Waals surface area (Å²) < 4.78 is 0. The van der Waals surface area contributed by atoms with Gasteiger partial charge in [-0.25, -0.2) is 0 Å². The largest absolute Gasteiger partial charge is 0.388 e. The second-order valence-electron chi connectivity index (χ2n) is 5.03. The van der Waals surface area contributed by atoms with E-state index in [1.165, 1.54) is 0 Å². The monoisotopic (exact) mass is 300 g/mol. The molecule has 5 heteroatoms. The van der Waals surface area contributed by atoms with Gasteiger partial charge < -0.3 is 15.7 Å². The van der Waals surface area contributed by atoms with Crippen LogP contribution in [0.15, 0.2) is 30.3 Å². The minimum Gasteiger partial charge on any atom is -0.388 e. The molecule has 1 rings (SSSR count). The summed E-state index contributed by atoms with van der Waals surface area (Å²) in [7, 11) is 1.83. The van der Waals surface area contributed by atoms with Gasteiger partial charge in [-0.2, -0.15) is 0 Å². The molecule has 0 heterocycles. The van der Waals surface area contributed by atoms with E-state index in [0.717, 1.165) is 5.56 Å². The van der Waals surface area contributed by atoms with Crippen molar-refractivity contribution in [2.45, 2.75) is 32.4 Å². The molecule has 1 amide bonds. The maximum Gasteiger partial charge on any atom is 0.224 e. The molecule has 0 radical (unpaired) electrons. The number of aliphatic hydroxyl groups excluding tert-OH is 1. The molecule has 1 aromatic carbocycles. The number of hydrogen-bond donors (Lipinski definition) is 3. The third kappa shape index (κ3) is 6.37. The minimum atomic E-state index is -0.545. The lowest BCUT2D eigenvalue weighted by Gasteiger charge is -2.20. The molecule has 3 unspecified atom stereocenters. The zero-order valence-electron chi connectivity index (χ0n) is 12.3. The van der Waals surface area contributed by atoms with Crippen molar-refractivity contribution in [3.63, 3.8) is 0 Å². The van der Waals surface area contributed by atoms with E-state index in [4.69, 9.17) is 0 Å². The smallest absolute Gasteiger partial charge is 0.224 e. The SMILES string of the molecule is CNCC(C)C(=O)NC(C)CC(O)c1ccccc1.Cl. The molecular weight excluding hydrogens is 276 g/mol. The standard InChI is InChI=1S/C15H24N2O2.ClH/c1-11(10-16-3)15(19)17-12(2)9-14(18)13-7-5-4-6-8-13;/h4-8,11-12,14,16,18H,9-10H2,1-3H3,(H,17,19);1H. The average molecular weight is 301 g/mol. The van der Waals surface area contributed by atoms with Crippen molar-refractivity contribution >= 4 is 18.3 Å². The Kier molecular flexibility index (Phi) is 9.21. The van der Waals surface area contributed by atoms with Crippen molar-refractivity contribution < 1.29 is 9.90 Å². The molecule has 0 aromatic heterocycles. The lowest BCUT2D eigenvalue weighted by Crippen LogP contribution is -2.40. The number of rotatable bonds is 7. The van der Waals surface area contributed by atoms with Crippen molar-refractivity contribution in [1.82, 2.24) is 10.6 Å². The molecule has 0 fully saturated rings. The molecule has 0 aliphatic rings. The Hall–Kier alpha value is -1.10. The van der Waals surface area contributed by atoms with E-state index in [9.17, 15) is 9.90 Å². The number of aliphatic hydroxyl groups is 1. The van der Waals surface area contributed by atoms with Gasteiger partial charge in [0.2, 0.25) is 5.91 Å². The van der Waals surface area contributed by atoms with Crippen LogP contribution in [0.4, 0.5) is 0 Å². The summed E-state index contributed by atoms with van der Waals surface area (Å²) in [5, 5.41) is 16.0. The van der Waals surface area contributed by atoms with E-state index in [-0.39, 0.29) is 30.3 Å². The van der Waals surface area contributed by atoms with Crippen molar-refractivity contribution in [2.24, 2.45) is 5.92 Å². The number of hydrogen-bond acceptors (Lipinski definition) is 3. The fourth-order valence-electron chi connectivity index (χ4n) is 1.99. The van der Waals surface area contributed by atoms with Gasteiger partial charge in [-0.1, -0.05) is 37.3 Å². The van der Waals surface area contributed by atoms with Crippen LogP contribution in [0.25, 0.3) is 0 Å². The molecule has 0 spiro atoms. The summed E-state index contributed by atoms with van der Waals surface area (Å²) in [6, 6.07) is 9.45. The number of nitrogens with one attached hydrogen (secondary N) is 2. The molecule has 0 saturated heterocycles. The lowest BCUT2D eigenvalue weighted by molar-refractivity contribution is -0.125. The first-order valence-corrected chi connectivity index (χ1v) is 6.72. The summed E-state index contributed by atoms with van der Waals surface area (Å²) in [6.45, 7) is 4.45. The van der Waals surface area contributed by atoms with Crippen molar-refractivity contribution in [3.05, 3.63) is 35.9 Å². The fourth-order valence-corrected chi connectivity index (χ4v) is 1.99. The minimum absolute atomic E-state index is 0. The molecule has 3 atom stereocenters. The van der Waals surface area contributed by atoms with Crippen LogP contribution in [0.5, 0.6) is 0 Å². The molecular formula is C15H25ClN2O2. The van der Waals surface area contributed by atoms with E-state index >= 15 is 0 Å². The first-order valence-electron chi connectivity index (χ1n) is 6.72. The quantitative estimate of drug-likeness (QED) is 0.721. The van der Waals surface area contributed by atoms with Gasteiger partial charge in [0, 0.05) is 18.5 Å². The van der Waals surface area contributed by atoms with Gasteiger partial charge in [0.15, 0.2) is 0 Å². The van der Waals surface area contributed by atoms with Crippen molar-refractivity contribution in [3.8, 4) is 0 Å². The summed E-state index contributed by atoms with van der Waals surface area (Å²) >= 11 is 0. The van der Waals surface area contributed by atoms with E-state index in [1.54, 1.807) is 0 Å². The molecule has 3 N–H and O–H groups in total. The Labute approximate surface area is 127 Å². The van der Waals surface area contributed by atoms with Crippen LogP contribution in [-0.2, 0) is 4.79 Å². The van der Waals surface area contributed by atoms with Gasteiger partial charge >= 0.3 is 0 Å². The zero-order chi connectivity index (χ0) is 14.3. The molecule has 0 aliphatic heterocycles. The van der Waals surface area contributed by atoms with Gasteiger partial charge in [0.25, 0.3) is 0 Å².